The summed E-state index contributed by atoms with van der Waals surface area (Å²) in [6.07, 6.45) is 1.16. The minimum atomic E-state index is 0.417. The summed E-state index contributed by atoms with van der Waals surface area (Å²) in [5, 5.41) is 0. The Balaban J connectivity index is 2.20. The number of alkyl halides is 1. The van der Waals surface area contributed by atoms with Crippen LogP contribution in [-0.4, -0.2) is 35.3 Å². The molecule has 1 fully saturated rings. The van der Waals surface area contributed by atoms with Crippen molar-refractivity contribution < 1.29 is 9.47 Å². The van der Waals surface area contributed by atoms with Gasteiger partial charge in [0.1, 0.15) is 5.82 Å². The Kier molecular flexibility index (Phi) is 3.98. The lowest BCUT2D eigenvalue weighted by molar-refractivity contribution is 0.355. The highest BCUT2D eigenvalue weighted by atomic mass is 35.5. The van der Waals surface area contributed by atoms with E-state index in [1.54, 1.807) is 14.2 Å². The summed E-state index contributed by atoms with van der Waals surface area (Å²) in [4.78, 5) is 4.65. The molecular formula is C14H17ClN2O2S. The highest BCUT2D eigenvalue weighted by Crippen LogP contribution is 2.37. The van der Waals surface area contributed by atoms with Crippen molar-refractivity contribution >= 4 is 34.4 Å². The third-order valence-corrected chi connectivity index (χ3v) is 5.04. The van der Waals surface area contributed by atoms with Crippen molar-refractivity contribution in [3.8, 4) is 11.5 Å². The van der Waals surface area contributed by atoms with Crippen LogP contribution in [0, 0.1) is 0 Å². The van der Waals surface area contributed by atoms with Crippen LogP contribution in [0.3, 0.4) is 0 Å². The predicted molar refractivity (Wildman–Crippen MR) is 83.4 cm³/mol. The van der Waals surface area contributed by atoms with E-state index in [1.165, 1.54) is 5.75 Å². The van der Waals surface area contributed by atoms with Crippen molar-refractivity contribution in [2.75, 3.05) is 25.7 Å². The zero-order chi connectivity index (χ0) is 14.1. The number of imidazole rings is 1. The number of nitrogens with zero attached hydrogens (tertiary/aromatic N) is 2. The van der Waals surface area contributed by atoms with E-state index in [4.69, 9.17) is 21.1 Å². The zero-order valence-corrected chi connectivity index (χ0v) is 13.1. The average molecular weight is 313 g/mol. The van der Waals surface area contributed by atoms with E-state index in [-0.39, 0.29) is 0 Å². The third kappa shape index (κ3) is 2.23. The van der Waals surface area contributed by atoms with Gasteiger partial charge in [-0.3, -0.25) is 0 Å². The molecule has 3 rings (SSSR count). The summed E-state index contributed by atoms with van der Waals surface area (Å²) in [7, 11) is 3.29. The lowest BCUT2D eigenvalue weighted by Gasteiger charge is -2.15. The van der Waals surface area contributed by atoms with Crippen LogP contribution in [0.1, 0.15) is 18.3 Å². The first-order valence-electron chi connectivity index (χ1n) is 6.55. The molecule has 6 heteroatoms. The Morgan fingerprint density at radius 1 is 1.35 bits per heavy atom. The van der Waals surface area contributed by atoms with Crippen LogP contribution in [0.2, 0.25) is 0 Å². The van der Waals surface area contributed by atoms with Crippen molar-refractivity contribution in [3.63, 3.8) is 0 Å². The van der Waals surface area contributed by atoms with Crippen molar-refractivity contribution in [2.45, 2.75) is 18.3 Å². The lowest BCUT2D eigenvalue weighted by atomic mass is 10.2. The normalized spacial score (nSPS) is 18.6. The van der Waals surface area contributed by atoms with Crippen LogP contribution in [0.5, 0.6) is 11.5 Å². The molecule has 0 aliphatic carbocycles. The van der Waals surface area contributed by atoms with Gasteiger partial charge in [0.05, 0.1) is 31.1 Å². The SMILES string of the molecule is COc1cc2nc(CCl)n(C3CCSC3)c2cc1OC. The second-order valence-electron chi connectivity index (χ2n) is 4.74. The van der Waals surface area contributed by atoms with E-state index in [0.717, 1.165) is 34.8 Å². The second-order valence-corrected chi connectivity index (χ2v) is 6.16. The van der Waals surface area contributed by atoms with Gasteiger partial charge < -0.3 is 14.0 Å². The number of ether oxygens (including phenoxy) is 2. The van der Waals surface area contributed by atoms with Crippen LogP contribution in [0.25, 0.3) is 11.0 Å². The predicted octanol–water partition coefficient (Wildman–Crippen LogP) is 3.47. The van der Waals surface area contributed by atoms with Crippen LogP contribution in [0.4, 0.5) is 0 Å². The van der Waals surface area contributed by atoms with Gasteiger partial charge in [-0.05, 0) is 12.2 Å². The highest BCUT2D eigenvalue weighted by Gasteiger charge is 2.23. The molecule has 1 saturated heterocycles. The van der Waals surface area contributed by atoms with Crippen molar-refractivity contribution in [3.05, 3.63) is 18.0 Å². The maximum Gasteiger partial charge on any atom is 0.163 e. The number of aromatic nitrogens is 2. The Labute approximate surface area is 127 Å². The molecule has 0 radical (unpaired) electrons. The molecule has 0 spiro atoms. The Morgan fingerprint density at radius 3 is 2.70 bits per heavy atom. The molecule has 1 aliphatic rings. The van der Waals surface area contributed by atoms with E-state index in [0.29, 0.717) is 17.7 Å². The van der Waals surface area contributed by atoms with Gasteiger partial charge in [-0.25, -0.2) is 4.98 Å². The maximum atomic E-state index is 6.08. The van der Waals surface area contributed by atoms with Gasteiger partial charge in [0, 0.05) is 23.9 Å². The van der Waals surface area contributed by atoms with Crippen LogP contribution in [0.15, 0.2) is 12.1 Å². The largest absolute Gasteiger partial charge is 0.493 e. The van der Waals surface area contributed by atoms with E-state index in [9.17, 15) is 0 Å². The molecule has 1 atom stereocenters. The molecule has 4 nitrogen and oxygen atoms in total. The number of halogens is 1. The van der Waals surface area contributed by atoms with E-state index in [1.807, 2.05) is 23.9 Å². The standard InChI is InChI=1S/C14H17ClN2O2S/c1-18-12-5-10-11(6-13(12)19-2)17(14(7-15)16-10)9-3-4-20-8-9/h5-6,9H,3-4,7-8H2,1-2H3. The first-order valence-corrected chi connectivity index (χ1v) is 8.24. The van der Waals surface area contributed by atoms with Crippen LogP contribution in [-0.2, 0) is 5.88 Å². The highest BCUT2D eigenvalue weighted by molar-refractivity contribution is 7.99. The monoisotopic (exact) mass is 312 g/mol. The molecular weight excluding hydrogens is 296 g/mol. The van der Waals surface area contributed by atoms with Gasteiger partial charge in [0.25, 0.3) is 0 Å². The van der Waals surface area contributed by atoms with E-state index in [2.05, 4.69) is 9.55 Å². The van der Waals surface area contributed by atoms with Gasteiger partial charge in [0.2, 0.25) is 0 Å². The molecule has 2 aromatic rings. The second kappa shape index (κ2) is 5.74. The summed E-state index contributed by atoms with van der Waals surface area (Å²) >= 11 is 8.05. The van der Waals surface area contributed by atoms with Gasteiger partial charge in [-0.2, -0.15) is 11.8 Å². The summed E-state index contributed by atoms with van der Waals surface area (Å²) in [6, 6.07) is 4.39. The number of thioether (sulfide) groups is 1. The minimum Gasteiger partial charge on any atom is -0.493 e. The Bertz CT molecular complexity index is 623. The molecule has 0 amide bonds. The third-order valence-electron chi connectivity index (χ3n) is 3.66. The fraction of sp³-hybridized carbons (Fsp3) is 0.500. The molecule has 1 unspecified atom stereocenters. The topological polar surface area (TPSA) is 36.3 Å². The summed E-state index contributed by atoms with van der Waals surface area (Å²) < 4.78 is 13.0. The average Bonchev–Trinajstić information content (AvgIpc) is 3.11. The first kappa shape index (κ1) is 13.9. The first-order chi connectivity index (χ1) is 9.78. The molecule has 1 aromatic carbocycles. The van der Waals surface area contributed by atoms with Crippen LogP contribution >= 0.6 is 23.4 Å². The summed E-state index contributed by atoms with van der Waals surface area (Å²) in [5.41, 5.74) is 1.99. The number of hydrogen-bond donors (Lipinski definition) is 0. The van der Waals surface area contributed by atoms with Crippen LogP contribution < -0.4 is 9.47 Å². The maximum absolute atomic E-state index is 6.08. The van der Waals surface area contributed by atoms with Gasteiger partial charge >= 0.3 is 0 Å². The quantitative estimate of drug-likeness (QED) is 0.810. The fourth-order valence-electron chi connectivity index (χ4n) is 2.70. The number of benzene rings is 1. The minimum absolute atomic E-state index is 0.417. The number of fused-ring (bicyclic) bond motifs is 1. The summed E-state index contributed by atoms with van der Waals surface area (Å²) in [5.74, 6) is 5.08. The van der Waals surface area contributed by atoms with E-state index < -0.39 is 0 Å². The molecule has 108 valence electrons. The number of hydrogen-bond acceptors (Lipinski definition) is 4. The van der Waals surface area contributed by atoms with Gasteiger partial charge in [0.15, 0.2) is 11.5 Å². The molecule has 0 saturated carbocycles. The molecule has 1 aliphatic heterocycles. The van der Waals surface area contributed by atoms with Crippen molar-refractivity contribution in [1.29, 1.82) is 0 Å². The molecule has 0 N–H and O–H groups in total. The van der Waals surface area contributed by atoms with Gasteiger partial charge in [-0.1, -0.05) is 0 Å². The van der Waals surface area contributed by atoms with Crippen molar-refractivity contribution in [1.82, 2.24) is 9.55 Å². The van der Waals surface area contributed by atoms with E-state index >= 15 is 0 Å². The molecule has 2 heterocycles. The Hall–Kier alpha value is -1.07. The molecule has 0 bridgehead atoms. The number of methoxy groups -OCH3 is 2. The lowest BCUT2D eigenvalue weighted by Crippen LogP contribution is -2.10. The molecule has 20 heavy (non-hydrogen) atoms. The zero-order valence-electron chi connectivity index (χ0n) is 11.6. The fourth-order valence-corrected chi connectivity index (χ4v) is 4.08. The van der Waals surface area contributed by atoms with Gasteiger partial charge in [-0.15, -0.1) is 11.6 Å². The van der Waals surface area contributed by atoms with Crippen molar-refractivity contribution in [2.24, 2.45) is 0 Å². The smallest absolute Gasteiger partial charge is 0.163 e. The number of rotatable bonds is 4. The molecule has 1 aromatic heterocycles. The Morgan fingerprint density at radius 2 is 2.10 bits per heavy atom. The summed E-state index contributed by atoms with van der Waals surface area (Å²) in [6.45, 7) is 0.